The van der Waals surface area contributed by atoms with E-state index in [0.717, 1.165) is 33.7 Å². The van der Waals surface area contributed by atoms with Crippen LogP contribution in [0.3, 0.4) is 0 Å². The topological polar surface area (TPSA) is 42.0 Å². The molecule has 1 heterocycles. The number of nitrogens with zero attached hydrogens (tertiary/aromatic N) is 1. The van der Waals surface area contributed by atoms with E-state index in [1.165, 1.54) is 24.6 Å². The summed E-state index contributed by atoms with van der Waals surface area (Å²) in [5.74, 6) is -0.00606. The van der Waals surface area contributed by atoms with Crippen molar-refractivity contribution in [3.05, 3.63) is 65.2 Å². The van der Waals surface area contributed by atoms with Crippen LogP contribution in [-0.2, 0) is 0 Å². The number of aromatic nitrogens is 1. The average molecular weight is 383 g/mol. The molecule has 1 N–H and O–H groups in total. The molecule has 0 spiro atoms. The zero-order valence-corrected chi connectivity index (χ0v) is 15.8. The lowest BCUT2D eigenvalue weighted by atomic mass is 10.1. The predicted octanol–water partition coefficient (Wildman–Crippen LogP) is 5.71. The lowest BCUT2D eigenvalue weighted by Crippen LogP contribution is -2.32. The fraction of sp³-hybridized carbons (Fsp3) is 0.238. The van der Waals surface area contributed by atoms with Gasteiger partial charge in [-0.3, -0.25) is 4.79 Å². The molecule has 132 valence electrons. The first-order valence-corrected chi connectivity index (χ1v) is 10.0. The van der Waals surface area contributed by atoms with Crippen LogP contribution in [0.5, 0.6) is 0 Å². The molecule has 1 saturated carbocycles. The monoisotopic (exact) mass is 382 g/mol. The molecule has 1 amide bonds. The molecule has 1 fully saturated rings. The Morgan fingerprint density at radius 2 is 1.81 bits per heavy atom. The molecular formula is C21H19ClN2OS. The molecule has 1 aliphatic carbocycles. The van der Waals surface area contributed by atoms with Gasteiger partial charge in [0.15, 0.2) is 0 Å². The van der Waals surface area contributed by atoms with Crippen molar-refractivity contribution in [2.24, 2.45) is 0 Å². The Morgan fingerprint density at radius 1 is 1.08 bits per heavy atom. The number of carbonyl (C=O) groups is 1. The van der Waals surface area contributed by atoms with Crippen molar-refractivity contribution in [3.8, 4) is 0 Å². The van der Waals surface area contributed by atoms with Gasteiger partial charge < -0.3 is 5.32 Å². The number of hydrogen-bond acceptors (Lipinski definition) is 3. The molecule has 2 aromatic carbocycles. The third kappa shape index (κ3) is 3.87. The van der Waals surface area contributed by atoms with Crippen LogP contribution in [0, 0.1) is 0 Å². The zero-order valence-electron chi connectivity index (χ0n) is 14.2. The molecule has 0 bridgehead atoms. The SMILES string of the molecule is O=C(NC1CCCC1)c1cc(Sc2ccc(Cl)cc2)nc2ccccc12. The molecule has 3 nitrogen and oxygen atoms in total. The van der Waals surface area contributed by atoms with Crippen LogP contribution in [0.1, 0.15) is 36.0 Å². The number of para-hydroxylation sites is 1. The first-order valence-electron chi connectivity index (χ1n) is 8.83. The summed E-state index contributed by atoms with van der Waals surface area (Å²) in [5, 5.41) is 5.60. The number of fused-ring (bicyclic) bond motifs is 1. The number of halogens is 1. The Morgan fingerprint density at radius 3 is 2.58 bits per heavy atom. The fourth-order valence-electron chi connectivity index (χ4n) is 3.35. The second-order valence-electron chi connectivity index (χ2n) is 6.54. The van der Waals surface area contributed by atoms with E-state index in [1.807, 2.05) is 54.6 Å². The Balaban J connectivity index is 1.68. The van der Waals surface area contributed by atoms with Crippen molar-refractivity contribution >= 4 is 40.2 Å². The van der Waals surface area contributed by atoms with Crippen molar-refractivity contribution in [2.75, 3.05) is 0 Å². The van der Waals surface area contributed by atoms with Crippen LogP contribution in [-0.4, -0.2) is 16.9 Å². The number of pyridine rings is 1. The van der Waals surface area contributed by atoms with E-state index in [2.05, 4.69) is 5.32 Å². The summed E-state index contributed by atoms with van der Waals surface area (Å²) in [6, 6.07) is 17.6. The van der Waals surface area contributed by atoms with Crippen molar-refractivity contribution in [1.82, 2.24) is 10.3 Å². The Bertz CT molecular complexity index is 936. The highest BCUT2D eigenvalue weighted by Crippen LogP contribution is 2.30. The van der Waals surface area contributed by atoms with E-state index in [0.29, 0.717) is 16.6 Å². The average Bonchev–Trinajstić information content (AvgIpc) is 3.16. The second kappa shape index (κ2) is 7.68. The van der Waals surface area contributed by atoms with Crippen LogP contribution in [0.15, 0.2) is 64.5 Å². The molecule has 5 heteroatoms. The van der Waals surface area contributed by atoms with Gasteiger partial charge in [-0.05, 0) is 49.2 Å². The highest BCUT2D eigenvalue weighted by atomic mass is 35.5. The summed E-state index contributed by atoms with van der Waals surface area (Å²) >= 11 is 7.50. The molecule has 1 aromatic heterocycles. The first-order chi connectivity index (χ1) is 12.7. The molecule has 0 aliphatic heterocycles. The summed E-state index contributed by atoms with van der Waals surface area (Å²) in [6.45, 7) is 0. The summed E-state index contributed by atoms with van der Waals surface area (Å²) in [6.07, 6.45) is 4.53. The predicted molar refractivity (Wildman–Crippen MR) is 107 cm³/mol. The van der Waals surface area contributed by atoms with E-state index in [1.54, 1.807) is 0 Å². The molecule has 0 atom stereocenters. The summed E-state index contributed by atoms with van der Waals surface area (Å²) in [4.78, 5) is 18.7. The molecule has 26 heavy (non-hydrogen) atoms. The van der Waals surface area contributed by atoms with Gasteiger partial charge in [-0.2, -0.15) is 0 Å². The lowest BCUT2D eigenvalue weighted by molar-refractivity contribution is 0.0939. The molecule has 4 rings (SSSR count). The maximum absolute atomic E-state index is 12.9. The minimum Gasteiger partial charge on any atom is -0.349 e. The van der Waals surface area contributed by atoms with Crippen molar-refractivity contribution in [2.45, 2.75) is 41.6 Å². The molecule has 3 aromatic rings. The Labute approximate surface area is 162 Å². The van der Waals surface area contributed by atoms with Gasteiger partial charge in [0, 0.05) is 21.3 Å². The van der Waals surface area contributed by atoms with Crippen molar-refractivity contribution < 1.29 is 4.79 Å². The maximum atomic E-state index is 12.9. The minimum atomic E-state index is -0.00606. The standard InChI is InChI=1S/C21H19ClN2OS/c22-14-9-11-16(12-10-14)26-20-13-18(17-7-3-4-8-19(17)24-20)21(25)23-15-5-1-2-6-15/h3-4,7-13,15H,1-2,5-6H2,(H,23,25). The summed E-state index contributed by atoms with van der Waals surface area (Å²) in [7, 11) is 0. The maximum Gasteiger partial charge on any atom is 0.252 e. The van der Waals surface area contributed by atoms with E-state index in [-0.39, 0.29) is 5.91 Å². The van der Waals surface area contributed by atoms with E-state index in [4.69, 9.17) is 16.6 Å². The van der Waals surface area contributed by atoms with Crippen LogP contribution >= 0.6 is 23.4 Å². The summed E-state index contributed by atoms with van der Waals surface area (Å²) in [5.41, 5.74) is 1.53. The molecule has 0 radical (unpaired) electrons. The molecule has 1 aliphatic rings. The number of hydrogen-bond donors (Lipinski definition) is 1. The highest BCUT2D eigenvalue weighted by Gasteiger charge is 2.20. The van der Waals surface area contributed by atoms with Gasteiger partial charge in [-0.15, -0.1) is 0 Å². The van der Waals surface area contributed by atoms with Gasteiger partial charge >= 0.3 is 0 Å². The van der Waals surface area contributed by atoms with Crippen LogP contribution in [0.25, 0.3) is 10.9 Å². The molecule has 0 unspecified atom stereocenters. The first kappa shape index (κ1) is 17.4. The van der Waals surface area contributed by atoms with Crippen LogP contribution in [0.2, 0.25) is 5.02 Å². The smallest absolute Gasteiger partial charge is 0.252 e. The van der Waals surface area contributed by atoms with Gasteiger partial charge in [-0.1, -0.05) is 54.4 Å². The zero-order chi connectivity index (χ0) is 17.9. The van der Waals surface area contributed by atoms with Gasteiger partial charge in [-0.25, -0.2) is 4.98 Å². The van der Waals surface area contributed by atoms with Crippen molar-refractivity contribution in [1.29, 1.82) is 0 Å². The fourth-order valence-corrected chi connectivity index (χ4v) is 4.31. The number of amides is 1. The third-order valence-corrected chi connectivity index (χ3v) is 5.84. The van der Waals surface area contributed by atoms with E-state index >= 15 is 0 Å². The second-order valence-corrected chi connectivity index (χ2v) is 8.07. The number of benzene rings is 2. The number of nitrogens with one attached hydrogen (secondary N) is 1. The molecular weight excluding hydrogens is 364 g/mol. The van der Waals surface area contributed by atoms with E-state index in [9.17, 15) is 4.79 Å². The third-order valence-electron chi connectivity index (χ3n) is 4.66. The van der Waals surface area contributed by atoms with Gasteiger partial charge in [0.05, 0.1) is 11.1 Å². The number of carbonyl (C=O) groups excluding carboxylic acids is 1. The van der Waals surface area contributed by atoms with Crippen LogP contribution < -0.4 is 5.32 Å². The van der Waals surface area contributed by atoms with Gasteiger partial charge in [0.1, 0.15) is 5.03 Å². The number of rotatable bonds is 4. The minimum absolute atomic E-state index is 0.00606. The Hall–Kier alpha value is -2.04. The van der Waals surface area contributed by atoms with Crippen molar-refractivity contribution in [3.63, 3.8) is 0 Å². The van der Waals surface area contributed by atoms with E-state index < -0.39 is 0 Å². The highest BCUT2D eigenvalue weighted by molar-refractivity contribution is 7.99. The normalized spacial score (nSPS) is 14.7. The largest absolute Gasteiger partial charge is 0.349 e. The van der Waals surface area contributed by atoms with Gasteiger partial charge in [0.2, 0.25) is 0 Å². The quantitative estimate of drug-likeness (QED) is 0.628. The molecule has 0 saturated heterocycles. The lowest BCUT2D eigenvalue weighted by Gasteiger charge is -2.14. The Kier molecular flexibility index (Phi) is 5.14. The van der Waals surface area contributed by atoms with Crippen LogP contribution in [0.4, 0.5) is 0 Å². The summed E-state index contributed by atoms with van der Waals surface area (Å²) < 4.78 is 0. The van der Waals surface area contributed by atoms with Gasteiger partial charge in [0.25, 0.3) is 5.91 Å².